The van der Waals surface area contributed by atoms with Crippen LogP contribution < -0.4 is 5.32 Å². The second-order valence-corrected chi connectivity index (χ2v) is 4.98. The van der Waals surface area contributed by atoms with Gasteiger partial charge in [-0.15, -0.1) is 0 Å². The average molecular weight is 291 g/mol. The monoisotopic (exact) mass is 290 g/mol. The first-order valence-electron chi connectivity index (χ1n) is 6.71. The van der Waals surface area contributed by atoms with Crippen molar-refractivity contribution < 1.29 is 0 Å². The lowest BCUT2D eigenvalue weighted by molar-refractivity contribution is 0.367. The Balaban J connectivity index is 2.09. The summed E-state index contributed by atoms with van der Waals surface area (Å²) in [5.41, 5.74) is 0.962. The number of aromatic nitrogens is 2. The fourth-order valence-corrected chi connectivity index (χ4v) is 1.94. The van der Waals surface area contributed by atoms with Gasteiger partial charge in [-0.1, -0.05) is 48.9 Å². The molecule has 0 atom stereocenters. The topological polar surface area (TPSA) is 41.0 Å². The largest absolute Gasteiger partial charge is 0.369 e. The van der Waals surface area contributed by atoms with Gasteiger partial charge in [0.2, 0.25) is 0 Å². The van der Waals surface area contributed by atoms with Crippen molar-refractivity contribution in [2.45, 2.75) is 6.92 Å². The van der Waals surface area contributed by atoms with Gasteiger partial charge in [0, 0.05) is 24.7 Å². The van der Waals surface area contributed by atoms with Crippen LogP contribution in [0.3, 0.4) is 0 Å². The van der Waals surface area contributed by atoms with Gasteiger partial charge in [-0.25, -0.2) is 9.97 Å². The van der Waals surface area contributed by atoms with Gasteiger partial charge in [-0.3, -0.25) is 0 Å². The fraction of sp³-hybridized carbons (Fsp3) is 0.333. The Morgan fingerprint density at radius 2 is 1.95 bits per heavy atom. The quantitative estimate of drug-likeness (QED) is 0.830. The van der Waals surface area contributed by atoms with Crippen LogP contribution in [0.2, 0.25) is 5.15 Å². The number of hydrogen-bond acceptors (Lipinski definition) is 4. The number of likely N-dealkylation sites (N-methyl/N-ethyl adjacent to an activating group) is 1. The van der Waals surface area contributed by atoms with E-state index in [4.69, 9.17) is 11.6 Å². The first kappa shape index (κ1) is 14.8. The maximum Gasteiger partial charge on any atom is 0.163 e. The lowest BCUT2D eigenvalue weighted by Gasteiger charge is -2.14. The van der Waals surface area contributed by atoms with Crippen molar-refractivity contribution in [3.05, 3.63) is 41.6 Å². The average Bonchev–Trinajstić information content (AvgIpc) is 2.47. The van der Waals surface area contributed by atoms with Crippen molar-refractivity contribution in [2.24, 2.45) is 0 Å². The summed E-state index contributed by atoms with van der Waals surface area (Å²) in [6.45, 7) is 4.95. The minimum absolute atomic E-state index is 0.449. The summed E-state index contributed by atoms with van der Waals surface area (Å²) in [4.78, 5) is 11.0. The Kier molecular flexibility index (Phi) is 5.32. The van der Waals surface area contributed by atoms with Gasteiger partial charge in [0.15, 0.2) is 5.82 Å². The van der Waals surface area contributed by atoms with Crippen molar-refractivity contribution in [1.82, 2.24) is 14.9 Å². The van der Waals surface area contributed by atoms with Crippen LogP contribution in [0.4, 0.5) is 5.82 Å². The highest BCUT2D eigenvalue weighted by Gasteiger charge is 2.05. The smallest absolute Gasteiger partial charge is 0.163 e. The van der Waals surface area contributed by atoms with Crippen molar-refractivity contribution in [2.75, 3.05) is 32.0 Å². The molecule has 0 saturated carbocycles. The summed E-state index contributed by atoms with van der Waals surface area (Å²) < 4.78 is 0. The van der Waals surface area contributed by atoms with Crippen LogP contribution in [-0.2, 0) is 0 Å². The molecule has 0 aliphatic rings. The highest BCUT2D eigenvalue weighted by molar-refractivity contribution is 6.29. The Morgan fingerprint density at radius 3 is 2.65 bits per heavy atom. The molecule has 0 spiro atoms. The molecule has 5 heteroatoms. The Hall–Kier alpha value is -1.65. The number of anilines is 1. The van der Waals surface area contributed by atoms with Gasteiger partial charge in [0.05, 0.1) is 0 Å². The summed E-state index contributed by atoms with van der Waals surface area (Å²) >= 11 is 6.07. The van der Waals surface area contributed by atoms with Gasteiger partial charge in [-0.05, 0) is 13.6 Å². The molecule has 1 N–H and O–H groups in total. The van der Waals surface area contributed by atoms with E-state index in [0.717, 1.165) is 31.0 Å². The molecule has 0 aliphatic heterocycles. The standard InChI is InChI=1S/C15H19ClN4/c1-3-20(2)10-9-17-14-11-13(16)18-15(19-14)12-7-5-4-6-8-12/h4-8,11H,3,9-10H2,1-2H3,(H,17,18,19). The zero-order valence-corrected chi connectivity index (χ0v) is 12.6. The molecule has 0 amide bonds. The Bertz CT molecular complexity index is 545. The van der Waals surface area contributed by atoms with Crippen LogP contribution in [0.25, 0.3) is 11.4 Å². The minimum Gasteiger partial charge on any atom is -0.369 e. The maximum absolute atomic E-state index is 6.07. The predicted octanol–water partition coefficient (Wildman–Crippen LogP) is 3.16. The van der Waals surface area contributed by atoms with E-state index in [1.165, 1.54) is 0 Å². The van der Waals surface area contributed by atoms with Crippen molar-refractivity contribution >= 4 is 17.4 Å². The van der Waals surface area contributed by atoms with Gasteiger partial charge in [-0.2, -0.15) is 0 Å². The van der Waals surface area contributed by atoms with Crippen LogP contribution in [0.1, 0.15) is 6.92 Å². The van der Waals surface area contributed by atoms with Crippen LogP contribution in [-0.4, -0.2) is 41.5 Å². The second-order valence-electron chi connectivity index (χ2n) is 4.59. The molecular formula is C15H19ClN4. The van der Waals surface area contributed by atoms with E-state index in [0.29, 0.717) is 11.0 Å². The van der Waals surface area contributed by atoms with E-state index in [2.05, 4.69) is 34.2 Å². The summed E-state index contributed by atoms with van der Waals surface area (Å²) in [5.74, 6) is 1.40. The van der Waals surface area contributed by atoms with E-state index in [9.17, 15) is 0 Å². The van der Waals surface area contributed by atoms with E-state index >= 15 is 0 Å². The van der Waals surface area contributed by atoms with Gasteiger partial charge >= 0.3 is 0 Å². The molecule has 0 aliphatic carbocycles. The number of hydrogen-bond donors (Lipinski definition) is 1. The van der Waals surface area contributed by atoms with Gasteiger partial charge < -0.3 is 10.2 Å². The Morgan fingerprint density at radius 1 is 1.20 bits per heavy atom. The molecule has 0 fully saturated rings. The molecule has 1 aromatic carbocycles. The summed E-state index contributed by atoms with van der Waals surface area (Å²) in [5, 5.41) is 3.73. The third kappa shape index (κ3) is 4.18. The van der Waals surface area contributed by atoms with E-state index in [1.807, 2.05) is 30.3 Å². The van der Waals surface area contributed by atoms with Crippen molar-refractivity contribution in [3.8, 4) is 11.4 Å². The van der Waals surface area contributed by atoms with E-state index < -0.39 is 0 Å². The molecule has 4 nitrogen and oxygen atoms in total. The molecule has 1 heterocycles. The van der Waals surface area contributed by atoms with E-state index in [-0.39, 0.29) is 0 Å². The third-order valence-electron chi connectivity index (χ3n) is 3.07. The molecule has 1 aromatic heterocycles. The normalized spacial score (nSPS) is 10.8. The zero-order valence-electron chi connectivity index (χ0n) is 11.8. The lowest BCUT2D eigenvalue weighted by Crippen LogP contribution is -2.25. The first-order valence-corrected chi connectivity index (χ1v) is 7.09. The van der Waals surface area contributed by atoms with E-state index in [1.54, 1.807) is 6.07 Å². The van der Waals surface area contributed by atoms with Gasteiger partial charge in [0.1, 0.15) is 11.0 Å². The third-order valence-corrected chi connectivity index (χ3v) is 3.26. The minimum atomic E-state index is 0.449. The van der Waals surface area contributed by atoms with Crippen molar-refractivity contribution in [1.29, 1.82) is 0 Å². The molecule has 0 saturated heterocycles. The lowest BCUT2D eigenvalue weighted by atomic mass is 10.2. The second kappa shape index (κ2) is 7.22. The zero-order chi connectivity index (χ0) is 14.4. The fourth-order valence-electron chi connectivity index (χ4n) is 1.76. The number of nitrogens with zero attached hydrogens (tertiary/aromatic N) is 3. The van der Waals surface area contributed by atoms with Crippen LogP contribution in [0.5, 0.6) is 0 Å². The van der Waals surface area contributed by atoms with Crippen molar-refractivity contribution in [3.63, 3.8) is 0 Å². The first-order chi connectivity index (χ1) is 9.69. The van der Waals surface area contributed by atoms with Gasteiger partial charge in [0.25, 0.3) is 0 Å². The molecule has 20 heavy (non-hydrogen) atoms. The molecule has 0 unspecified atom stereocenters. The SMILES string of the molecule is CCN(C)CCNc1cc(Cl)nc(-c2ccccc2)n1. The highest BCUT2D eigenvalue weighted by Crippen LogP contribution is 2.19. The molecule has 0 bridgehead atoms. The summed E-state index contributed by atoms with van der Waals surface area (Å²) in [7, 11) is 2.09. The van der Waals surface area contributed by atoms with Crippen LogP contribution in [0.15, 0.2) is 36.4 Å². The number of nitrogens with one attached hydrogen (secondary N) is 1. The number of benzene rings is 1. The molecule has 106 valence electrons. The molecule has 0 radical (unpaired) electrons. The summed E-state index contributed by atoms with van der Waals surface area (Å²) in [6, 6.07) is 11.6. The number of halogens is 1. The summed E-state index contributed by atoms with van der Waals surface area (Å²) in [6.07, 6.45) is 0. The number of rotatable bonds is 6. The van der Waals surface area contributed by atoms with Crippen LogP contribution in [0, 0.1) is 0 Å². The Labute approximate surface area is 124 Å². The molecular weight excluding hydrogens is 272 g/mol. The molecule has 2 rings (SSSR count). The molecule has 2 aromatic rings. The predicted molar refractivity (Wildman–Crippen MR) is 84.1 cm³/mol. The highest BCUT2D eigenvalue weighted by atomic mass is 35.5. The maximum atomic E-state index is 6.07. The van der Waals surface area contributed by atoms with Crippen LogP contribution >= 0.6 is 11.6 Å².